The Morgan fingerprint density at radius 3 is 2.61 bits per heavy atom. The van der Waals surface area contributed by atoms with E-state index in [4.69, 9.17) is 4.74 Å². The molecule has 0 bridgehead atoms. The maximum atomic E-state index is 13.2. The quantitative estimate of drug-likeness (QED) is 0.232. The van der Waals surface area contributed by atoms with Gasteiger partial charge >= 0.3 is 5.91 Å². The third-order valence-electron chi connectivity index (χ3n) is 5.68. The number of methoxy groups -OCH3 is 1. The van der Waals surface area contributed by atoms with Crippen LogP contribution in [0.1, 0.15) is 29.0 Å². The number of aliphatic hydroxyl groups excluding tert-OH is 1. The van der Waals surface area contributed by atoms with Gasteiger partial charge < -0.3 is 9.84 Å². The van der Waals surface area contributed by atoms with Crippen LogP contribution >= 0.6 is 22.7 Å². The molecule has 1 atom stereocenters. The monoisotopic (exact) mass is 476 g/mol. The van der Waals surface area contributed by atoms with Gasteiger partial charge in [0, 0.05) is 10.4 Å². The van der Waals surface area contributed by atoms with Crippen LogP contribution in [0.4, 0.5) is 5.13 Å². The van der Waals surface area contributed by atoms with Gasteiger partial charge in [-0.2, -0.15) is 0 Å². The van der Waals surface area contributed by atoms with Crippen LogP contribution in [0.25, 0.3) is 16.0 Å². The van der Waals surface area contributed by atoms with Crippen LogP contribution in [0.2, 0.25) is 0 Å². The first-order chi connectivity index (χ1) is 16.0. The Hall–Kier alpha value is -3.49. The number of rotatable bonds is 5. The number of hydrogen-bond donors (Lipinski definition) is 1. The van der Waals surface area contributed by atoms with Crippen LogP contribution in [-0.2, 0) is 16.0 Å². The number of amides is 1. The molecule has 1 fully saturated rings. The Bertz CT molecular complexity index is 1390. The molecule has 1 aliphatic heterocycles. The van der Waals surface area contributed by atoms with Crippen molar-refractivity contribution in [1.82, 2.24) is 4.98 Å². The van der Waals surface area contributed by atoms with Crippen molar-refractivity contribution in [3.05, 3.63) is 81.6 Å². The fourth-order valence-corrected chi connectivity index (χ4v) is 5.81. The summed E-state index contributed by atoms with van der Waals surface area (Å²) >= 11 is 2.79. The molecular formula is C25H20N2O4S2. The van der Waals surface area contributed by atoms with E-state index in [1.54, 1.807) is 31.4 Å². The van der Waals surface area contributed by atoms with Gasteiger partial charge in [0.05, 0.1) is 22.9 Å². The zero-order valence-electron chi connectivity index (χ0n) is 17.9. The number of hydrogen-bond acceptors (Lipinski definition) is 7. The number of ketones is 1. The summed E-state index contributed by atoms with van der Waals surface area (Å²) in [5.41, 5.74) is 2.44. The average molecular weight is 477 g/mol. The summed E-state index contributed by atoms with van der Waals surface area (Å²) in [6, 6.07) is 15.7. The Kier molecular flexibility index (Phi) is 5.47. The Labute approximate surface area is 198 Å². The highest BCUT2D eigenvalue weighted by molar-refractivity contribution is 7.22. The van der Waals surface area contributed by atoms with Gasteiger partial charge in [0.25, 0.3) is 5.78 Å². The number of carbonyl (C=O) groups excluding carboxylic acids is 2. The van der Waals surface area contributed by atoms with E-state index in [2.05, 4.69) is 18.0 Å². The largest absolute Gasteiger partial charge is 0.507 e. The lowest BCUT2D eigenvalue weighted by Crippen LogP contribution is -2.28. The number of aliphatic hydroxyl groups is 1. The van der Waals surface area contributed by atoms with Gasteiger partial charge in [-0.25, -0.2) is 4.98 Å². The van der Waals surface area contributed by atoms with E-state index in [0.29, 0.717) is 16.4 Å². The lowest BCUT2D eigenvalue weighted by atomic mass is 10.00. The Morgan fingerprint density at radius 1 is 1.15 bits per heavy atom. The zero-order valence-corrected chi connectivity index (χ0v) is 19.6. The molecule has 8 heteroatoms. The number of aromatic nitrogens is 1. The molecule has 1 aliphatic rings. The summed E-state index contributed by atoms with van der Waals surface area (Å²) in [6.45, 7) is 2.08. The SMILES string of the molecule is CCc1ccc2nc(N3C(=O)C(=O)/C(=C(/O)c4ccc(OC)cc4)C3c3cccs3)sc2c1. The first kappa shape index (κ1) is 21.4. The van der Waals surface area contributed by atoms with Crippen molar-refractivity contribution in [3.8, 4) is 5.75 Å². The minimum Gasteiger partial charge on any atom is -0.507 e. The summed E-state index contributed by atoms with van der Waals surface area (Å²) in [6.07, 6.45) is 0.894. The fourth-order valence-electron chi connectivity index (χ4n) is 3.93. The maximum absolute atomic E-state index is 13.2. The number of thiazole rings is 1. The first-order valence-electron chi connectivity index (χ1n) is 10.4. The van der Waals surface area contributed by atoms with Gasteiger partial charge in [0.1, 0.15) is 17.6 Å². The van der Waals surface area contributed by atoms with Crippen LogP contribution < -0.4 is 9.64 Å². The van der Waals surface area contributed by atoms with Crippen molar-refractivity contribution in [1.29, 1.82) is 0 Å². The topological polar surface area (TPSA) is 79.7 Å². The van der Waals surface area contributed by atoms with Crippen LogP contribution in [0, 0.1) is 0 Å². The summed E-state index contributed by atoms with van der Waals surface area (Å²) in [7, 11) is 1.55. The molecule has 5 rings (SSSR count). The van der Waals surface area contributed by atoms with Crippen molar-refractivity contribution in [2.75, 3.05) is 12.0 Å². The number of nitrogens with zero attached hydrogens (tertiary/aromatic N) is 2. The molecule has 0 aliphatic carbocycles. The fraction of sp³-hybridized carbons (Fsp3) is 0.160. The van der Waals surface area contributed by atoms with E-state index < -0.39 is 17.7 Å². The number of carbonyl (C=O) groups is 2. The molecule has 4 aromatic rings. The lowest BCUT2D eigenvalue weighted by Gasteiger charge is -2.21. The van der Waals surface area contributed by atoms with E-state index in [9.17, 15) is 14.7 Å². The summed E-state index contributed by atoms with van der Waals surface area (Å²) in [5.74, 6) is -1.01. The molecule has 2 aromatic carbocycles. The molecule has 1 saturated heterocycles. The molecule has 1 N–H and O–H groups in total. The maximum Gasteiger partial charge on any atom is 0.301 e. The van der Waals surface area contributed by atoms with Crippen molar-refractivity contribution in [3.63, 3.8) is 0 Å². The Balaban J connectivity index is 1.67. The second-order valence-electron chi connectivity index (χ2n) is 7.57. The Morgan fingerprint density at radius 2 is 1.94 bits per heavy atom. The normalized spacial score (nSPS) is 17.8. The van der Waals surface area contributed by atoms with Gasteiger partial charge in [-0.05, 0) is 59.8 Å². The zero-order chi connectivity index (χ0) is 23.1. The number of Topliss-reactive ketones (excluding diaryl/α,β-unsaturated/α-hetero) is 1. The highest BCUT2D eigenvalue weighted by Gasteiger charge is 2.48. The number of anilines is 1. The minimum atomic E-state index is -0.752. The molecular weight excluding hydrogens is 456 g/mol. The third-order valence-corrected chi connectivity index (χ3v) is 7.62. The molecule has 33 heavy (non-hydrogen) atoms. The second-order valence-corrected chi connectivity index (χ2v) is 9.55. The summed E-state index contributed by atoms with van der Waals surface area (Å²) in [4.78, 5) is 33.3. The minimum absolute atomic E-state index is 0.0566. The van der Waals surface area contributed by atoms with E-state index in [-0.39, 0.29) is 11.3 Å². The van der Waals surface area contributed by atoms with Gasteiger partial charge in [-0.1, -0.05) is 30.4 Å². The molecule has 2 aromatic heterocycles. The molecule has 0 saturated carbocycles. The van der Waals surface area contributed by atoms with Crippen molar-refractivity contribution in [2.45, 2.75) is 19.4 Å². The molecule has 1 unspecified atom stereocenters. The standard InChI is InChI=1S/C25H20N2O4S2/c1-3-14-6-11-17-19(13-14)33-25(26-17)27-21(18-5-4-12-32-18)20(23(29)24(27)30)22(28)15-7-9-16(31-2)10-8-15/h4-13,21,28H,3H2,1-2H3/b22-20+. The predicted octanol–water partition coefficient (Wildman–Crippen LogP) is 5.56. The van der Waals surface area contributed by atoms with E-state index in [1.165, 1.54) is 33.1 Å². The van der Waals surface area contributed by atoms with Crippen molar-refractivity contribution >= 4 is 55.5 Å². The number of ether oxygens (including phenoxy) is 1. The van der Waals surface area contributed by atoms with E-state index in [1.807, 2.05) is 29.6 Å². The summed E-state index contributed by atoms with van der Waals surface area (Å²) in [5, 5.41) is 13.5. The van der Waals surface area contributed by atoms with Crippen LogP contribution in [-0.4, -0.2) is 28.9 Å². The van der Waals surface area contributed by atoms with Gasteiger partial charge in [0.15, 0.2) is 5.13 Å². The van der Waals surface area contributed by atoms with Crippen LogP contribution in [0.3, 0.4) is 0 Å². The molecule has 0 spiro atoms. The highest BCUT2D eigenvalue weighted by atomic mass is 32.1. The van der Waals surface area contributed by atoms with Crippen LogP contribution in [0.15, 0.2) is 65.6 Å². The van der Waals surface area contributed by atoms with Crippen molar-refractivity contribution < 1.29 is 19.4 Å². The van der Waals surface area contributed by atoms with Gasteiger partial charge in [-0.15, -0.1) is 11.3 Å². The predicted molar refractivity (Wildman–Crippen MR) is 131 cm³/mol. The summed E-state index contributed by atoms with van der Waals surface area (Å²) < 4.78 is 6.13. The van der Waals surface area contributed by atoms with E-state index in [0.717, 1.165) is 21.5 Å². The number of benzene rings is 2. The second kappa shape index (κ2) is 8.46. The first-order valence-corrected chi connectivity index (χ1v) is 12.1. The lowest BCUT2D eigenvalue weighted by molar-refractivity contribution is -0.132. The number of thiophene rings is 1. The molecule has 166 valence electrons. The van der Waals surface area contributed by atoms with Gasteiger partial charge in [0.2, 0.25) is 0 Å². The molecule has 3 heterocycles. The van der Waals surface area contributed by atoms with E-state index >= 15 is 0 Å². The molecule has 0 radical (unpaired) electrons. The highest BCUT2D eigenvalue weighted by Crippen LogP contribution is 2.45. The average Bonchev–Trinajstić information content (AvgIpc) is 3.57. The van der Waals surface area contributed by atoms with Crippen molar-refractivity contribution in [2.24, 2.45) is 0 Å². The number of aryl methyl sites for hydroxylation is 1. The van der Waals surface area contributed by atoms with Gasteiger partial charge in [-0.3, -0.25) is 14.5 Å². The van der Waals surface area contributed by atoms with Crippen LogP contribution in [0.5, 0.6) is 5.75 Å². The molecule has 6 nitrogen and oxygen atoms in total. The number of fused-ring (bicyclic) bond motifs is 1. The molecule has 1 amide bonds. The smallest absolute Gasteiger partial charge is 0.301 e. The third kappa shape index (κ3) is 3.61.